The lowest BCUT2D eigenvalue weighted by molar-refractivity contribution is 0.425. The molecule has 1 saturated heterocycles. The van der Waals surface area contributed by atoms with Crippen molar-refractivity contribution < 1.29 is 0 Å². The van der Waals surface area contributed by atoms with Gasteiger partial charge in [0.25, 0.3) is 0 Å². The standard InChI is InChI=1S/C8H18N2/c1-3-9-5-8-6-10-4-7(8)2/h7-10H,3-6H2,1-2H3/t7-,8-/m1/s1. The molecule has 0 aromatic heterocycles. The molecular formula is C8H18N2. The van der Waals surface area contributed by atoms with Gasteiger partial charge in [-0.3, -0.25) is 0 Å². The van der Waals surface area contributed by atoms with Crippen molar-refractivity contribution in [2.24, 2.45) is 11.8 Å². The molecule has 0 unspecified atom stereocenters. The van der Waals surface area contributed by atoms with Crippen LogP contribution >= 0.6 is 0 Å². The van der Waals surface area contributed by atoms with Crippen LogP contribution in [0.3, 0.4) is 0 Å². The highest BCUT2D eigenvalue weighted by molar-refractivity contribution is 4.78. The van der Waals surface area contributed by atoms with Crippen LogP contribution in [0.25, 0.3) is 0 Å². The van der Waals surface area contributed by atoms with Gasteiger partial charge >= 0.3 is 0 Å². The van der Waals surface area contributed by atoms with Crippen LogP contribution in [0.1, 0.15) is 13.8 Å². The molecule has 60 valence electrons. The van der Waals surface area contributed by atoms with Crippen LogP contribution in [0.2, 0.25) is 0 Å². The van der Waals surface area contributed by atoms with Crippen molar-refractivity contribution in [2.45, 2.75) is 13.8 Å². The van der Waals surface area contributed by atoms with Gasteiger partial charge in [-0.25, -0.2) is 0 Å². The summed E-state index contributed by atoms with van der Waals surface area (Å²) in [6.07, 6.45) is 0. The molecule has 0 spiro atoms. The summed E-state index contributed by atoms with van der Waals surface area (Å²) in [4.78, 5) is 0. The highest BCUT2D eigenvalue weighted by Gasteiger charge is 2.21. The average Bonchev–Trinajstić information content (AvgIpc) is 2.31. The Labute approximate surface area is 63.4 Å². The fourth-order valence-electron chi connectivity index (χ4n) is 1.47. The summed E-state index contributed by atoms with van der Waals surface area (Å²) in [7, 11) is 0. The van der Waals surface area contributed by atoms with E-state index in [1.165, 1.54) is 19.6 Å². The van der Waals surface area contributed by atoms with Crippen LogP contribution < -0.4 is 10.6 Å². The zero-order valence-corrected chi connectivity index (χ0v) is 6.98. The monoisotopic (exact) mass is 142 g/mol. The summed E-state index contributed by atoms with van der Waals surface area (Å²) in [5.74, 6) is 1.72. The van der Waals surface area contributed by atoms with Gasteiger partial charge in [-0.1, -0.05) is 13.8 Å². The fraction of sp³-hybridized carbons (Fsp3) is 1.00. The summed E-state index contributed by atoms with van der Waals surface area (Å²) in [6, 6.07) is 0. The highest BCUT2D eigenvalue weighted by Crippen LogP contribution is 2.13. The van der Waals surface area contributed by atoms with Crippen LogP contribution in [-0.2, 0) is 0 Å². The van der Waals surface area contributed by atoms with E-state index in [1.54, 1.807) is 0 Å². The second kappa shape index (κ2) is 3.94. The molecule has 0 aromatic carbocycles. The Morgan fingerprint density at radius 2 is 2.30 bits per heavy atom. The van der Waals surface area contributed by atoms with Crippen molar-refractivity contribution in [2.75, 3.05) is 26.2 Å². The van der Waals surface area contributed by atoms with Gasteiger partial charge in [0.1, 0.15) is 0 Å². The summed E-state index contributed by atoms with van der Waals surface area (Å²) in [6.45, 7) is 9.17. The Balaban J connectivity index is 2.14. The van der Waals surface area contributed by atoms with E-state index < -0.39 is 0 Å². The first-order chi connectivity index (χ1) is 4.84. The van der Waals surface area contributed by atoms with Gasteiger partial charge in [0, 0.05) is 0 Å². The summed E-state index contributed by atoms with van der Waals surface area (Å²) < 4.78 is 0. The maximum absolute atomic E-state index is 3.39. The van der Waals surface area contributed by atoms with Crippen molar-refractivity contribution in [3.05, 3.63) is 0 Å². The highest BCUT2D eigenvalue weighted by atomic mass is 14.9. The van der Waals surface area contributed by atoms with E-state index in [9.17, 15) is 0 Å². The normalized spacial score (nSPS) is 33.0. The number of hydrogen-bond donors (Lipinski definition) is 2. The SMILES string of the molecule is CCNC[C@@H]1CNC[C@H]1C. The van der Waals surface area contributed by atoms with E-state index in [1.807, 2.05) is 0 Å². The molecule has 1 fully saturated rings. The second-order valence-electron chi connectivity index (χ2n) is 3.20. The van der Waals surface area contributed by atoms with Crippen molar-refractivity contribution >= 4 is 0 Å². The predicted octanol–water partition coefficient (Wildman–Crippen LogP) is 0.451. The maximum Gasteiger partial charge on any atom is -0.000523 e. The van der Waals surface area contributed by atoms with Crippen molar-refractivity contribution in [1.29, 1.82) is 0 Å². The lowest BCUT2D eigenvalue weighted by Gasteiger charge is -2.13. The first-order valence-corrected chi connectivity index (χ1v) is 4.26. The Bertz CT molecular complexity index is 93.3. The third-order valence-corrected chi connectivity index (χ3v) is 2.33. The average molecular weight is 142 g/mol. The van der Waals surface area contributed by atoms with Gasteiger partial charge in [-0.05, 0) is 38.0 Å². The van der Waals surface area contributed by atoms with Crippen LogP contribution in [0.15, 0.2) is 0 Å². The third-order valence-electron chi connectivity index (χ3n) is 2.33. The Kier molecular flexibility index (Phi) is 3.16. The van der Waals surface area contributed by atoms with E-state index in [0.717, 1.165) is 18.4 Å². The van der Waals surface area contributed by atoms with Crippen LogP contribution in [-0.4, -0.2) is 26.2 Å². The quantitative estimate of drug-likeness (QED) is 0.598. The molecule has 0 aromatic rings. The van der Waals surface area contributed by atoms with Crippen molar-refractivity contribution in [3.8, 4) is 0 Å². The lowest BCUT2D eigenvalue weighted by atomic mass is 9.98. The molecule has 2 atom stereocenters. The maximum atomic E-state index is 3.39. The van der Waals surface area contributed by atoms with Gasteiger partial charge in [0.2, 0.25) is 0 Å². The fourth-order valence-corrected chi connectivity index (χ4v) is 1.47. The van der Waals surface area contributed by atoms with Gasteiger partial charge < -0.3 is 10.6 Å². The first-order valence-electron chi connectivity index (χ1n) is 4.26. The van der Waals surface area contributed by atoms with Crippen LogP contribution in [0.4, 0.5) is 0 Å². The zero-order chi connectivity index (χ0) is 7.40. The van der Waals surface area contributed by atoms with Crippen molar-refractivity contribution in [3.63, 3.8) is 0 Å². The smallest absolute Gasteiger partial charge is 0.000523 e. The minimum atomic E-state index is 0.860. The number of rotatable bonds is 3. The van der Waals surface area contributed by atoms with Crippen LogP contribution in [0, 0.1) is 11.8 Å². The first kappa shape index (κ1) is 8.02. The van der Waals surface area contributed by atoms with Crippen LogP contribution in [0.5, 0.6) is 0 Å². The van der Waals surface area contributed by atoms with E-state index >= 15 is 0 Å². The lowest BCUT2D eigenvalue weighted by Crippen LogP contribution is -2.26. The predicted molar refractivity (Wildman–Crippen MR) is 44.1 cm³/mol. The molecule has 2 heteroatoms. The van der Waals surface area contributed by atoms with Gasteiger partial charge in [0.05, 0.1) is 0 Å². The molecule has 1 heterocycles. The zero-order valence-electron chi connectivity index (χ0n) is 6.98. The molecule has 10 heavy (non-hydrogen) atoms. The largest absolute Gasteiger partial charge is 0.317 e. The van der Waals surface area contributed by atoms with Crippen molar-refractivity contribution in [1.82, 2.24) is 10.6 Å². The number of hydrogen-bond acceptors (Lipinski definition) is 2. The molecule has 2 nitrogen and oxygen atoms in total. The molecule has 0 radical (unpaired) electrons. The summed E-state index contributed by atoms with van der Waals surface area (Å²) in [5, 5.41) is 6.77. The molecule has 0 amide bonds. The topological polar surface area (TPSA) is 24.1 Å². The molecular weight excluding hydrogens is 124 g/mol. The van der Waals surface area contributed by atoms with E-state index in [2.05, 4.69) is 24.5 Å². The summed E-state index contributed by atoms with van der Waals surface area (Å²) in [5.41, 5.74) is 0. The van der Waals surface area contributed by atoms with E-state index in [0.29, 0.717) is 0 Å². The van der Waals surface area contributed by atoms with E-state index in [4.69, 9.17) is 0 Å². The number of nitrogens with one attached hydrogen (secondary N) is 2. The molecule has 0 saturated carbocycles. The minimum Gasteiger partial charge on any atom is -0.317 e. The molecule has 2 N–H and O–H groups in total. The third kappa shape index (κ3) is 1.96. The van der Waals surface area contributed by atoms with E-state index in [-0.39, 0.29) is 0 Å². The molecule has 0 bridgehead atoms. The minimum absolute atomic E-state index is 0.860. The second-order valence-corrected chi connectivity index (χ2v) is 3.20. The Morgan fingerprint density at radius 1 is 1.50 bits per heavy atom. The Morgan fingerprint density at radius 3 is 2.80 bits per heavy atom. The molecule has 1 aliphatic rings. The van der Waals surface area contributed by atoms with Gasteiger partial charge in [-0.15, -0.1) is 0 Å². The summed E-state index contributed by atoms with van der Waals surface area (Å²) >= 11 is 0. The van der Waals surface area contributed by atoms with Gasteiger partial charge in [0.15, 0.2) is 0 Å². The molecule has 1 rings (SSSR count). The molecule has 0 aliphatic carbocycles. The van der Waals surface area contributed by atoms with Gasteiger partial charge in [-0.2, -0.15) is 0 Å². The molecule has 1 aliphatic heterocycles. The Hall–Kier alpha value is -0.0800.